The molecule has 1 aliphatic rings. The molecule has 0 radical (unpaired) electrons. The molecular formula is C17H14FN5O2. The Balaban J connectivity index is 1.72. The number of benzene rings is 1. The molecule has 1 saturated heterocycles. The average Bonchev–Trinajstić information content (AvgIpc) is 3.08. The average molecular weight is 339 g/mol. The fourth-order valence-electron chi connectivity index (χ4n) is 3.01. The number of halogens is 1. The van der Waals surface area contributed by atoms with E-state index in [1.165, 1.54) is 29.4 Å². The summed E-state index contributed by atoms with van der Waals surface area (Å²) >= 11 is 0. The van der Waals surface area contributed by atoms with Gasteiger partial charge in [0.05, 0.1) is 0 Å². The molecule has 8 heteroatoms. The molecule has 1 aromatic carbocycles. The zero-order chi connectivity index (χ0) is 17.4. The molecule has 1 N–H and O–H groups in total. The van der Waals surface area contributed by atoms with Crippen LogP contribution in [0.2, 0.25) is 0 Å². The second-order valence-electron chi connectivity index (χ2n) is 5.73. The van der Waals surface area contributed by atoms with Crippen molar-refractivity contribution in [3.05, 3.63) is 65.9 Å². The maximum atomic E-state index is 13.6. The lowest BCUT2D eigenvalue weighted by Crippen LogP contribution is -2.52. The summed E-state index contributed by atoms with van der Waals surface area (Å²) in [5.74, 6) is -1.09. The summed E-state index contributed by atoms with van der Waals surface area (Å²) in [5.41, 5.74) is 1.38. The van der Waals surface area contributed by atoms with E-state index in [9.17, 15) is 14.0 Å². The zero-order valence-corrected chi connectivity index (χ0v) is 13.1. The van der Waals surface area contributed by atoms with Crippen molar-refractivity contribution in [2.75, 3.05) is 13.1 Å². The maximum Gasteiger partial charge on any atom is 0.255 e. The van der Waals surface area contributed by atoms with Crippen LogP contribution in [0.1, 0.15) is 22.0 Å². The van der Waals surface area contributed by atoms with E-state index in [-0.39, 0.29) is 11.8 Å². The summed E-state index contributed by atoms with van der Waals surface area (Å²) in [6, 6.07) is 8.11. The van der Waals surface area contributed by atoms with E-state index >= 15 is 0 Å². The van der Waals surface area contributed by atoms with Crippen LogP contribution in [0.15, 0.2) is 48.9 Å². The molecule has 3 aromatic rings. The van der Waals surface area contributed by atoms with E-state index < -0.39 is 11.9 Å². The number of aromatic nitrogens is 3. The highest BCUT2D eigenvalue weighted by atomic mass is 19.1. The van der Waals surface area contributed by atoms with Crippen LogP contribution in [0.5, 0.6) is 0 Å². The van der Waals surface area contributed by atoms with Crippen molar-refractivity contribution in [1.82, 2.24) is 24.8 Å². The summed E-state index contributed by atoms with van der Waals surface area (Å²) in [6.45, 7) is 0.688. The fourth-order valence-corrected chi connectivity index (χ4v) is 3.01. The summed E-state index contributed by atoms with van der Waals surface area (Å²) in [6.07, 6.45) is 3.03. The minimum Gasteiger partial charge on any atom is -0.352 e. The number of amides is 2. The first-order valence-corrected chi connectivity index (χ1v) is 7.77. The smallest absolute Gasteiger partial charge is 0.255 e. The Bertz CT molecular complexity index is 970. The first-order valence-electron chi connectivity index (χ1n) is 7.77. The topological polar surface area (TPSA) is 79.6 Å². The van der Waals surface area contributed by atoms with Crippen LogP contribution in [0.25, 0.3) is 5.65 Å². The Labute approximate surface area is 142 Å². The molecule has 2 aromatic heterocycles. The second-order valence-corrected chi connectivity index (χ2v) is 5.73. The van der Waals surface area contributed by atoms with E-state index in [1.807, 2.05) is 0 Å². The third-order valence-electron chi connectivity index (χ3n) is 4.16. The molecule has 0 aliphatic carbocycles. The van der Waals surface area contributed by atoms with Crippen molar-refractivity contribution in [3.8, 4) is 0 Å². The SMILES string of the molecule is O=C1NCCN(C(=O)c2ccn3ncnc3c2)C1c1cccc(F)c1. The molecule has 0 spiro atoms. The van der Waals surface area contributed by atoms with Gasteiger partial charge < -0.3 is 10.2 Å². The van der Waals surface area contributed by atoms with Gasteiger partial charge in [-0.25, -0.2) is 13.9 Å². The molecule has 0 saturated carbocycles. The van der Waals surface area contributed by atoms with Gasteiger partial charge in [0.15, 0.2) is 5.65 Å². The van der Waals surface area contributed by atoms with E-state index in [2.05, 4.69) is 15.4 Å². The summed E-state index contributed by atoms with van der Waals surface area (Å²) in [5, 5.41) is 6.72. The molecule has 0 bridgehead atoms. The minimum absolute atomic E-state index is 0.311. The molecular weight excluding hydrogens is 325 g/mol. The third kappa shape index (κ3) is 2.71. The van der Waals surface area contributed by atoms with E-state index in [1.54, 1.807) is 28.9 Å². The highest BCUT2D eigenvalue weighted by Crippen LogP contribution is 2.26. The van der Waals surface area contributed by atoms with Gasteiger partial charge in [0.25, 0.3) is 5.91 Å². The van der Waals surface area contributed by atoms with E-state index in [0.29, 0.717) is 29.9 Å². The number of carbonyl (C=O) groups excluding carboxylic acids is 2. The molecule has 3 heterocycles. The Morgan fingerprint density at radius 3 is 3.00 bits per heavy atom. The van der Waals surface area contributed by atoms with Crippen LogP contribution in [0.4, 0.5) is 4.39 Å². The van der Waals surface area contributed by atoms with Gasteiger partial charge in [-0.2, -0.15) is 5.10 Å². The van der Waals surface area contributed by atoms with Crippen molar-refractivity contribution in [3.63, 3.8) is 0 Å². The zero-order valence-electron chi connectivity index (χ0n) is 13.1. The molecule has 25 heavy (non-hydrogen) atoms. The Morgan fingerprint density at radius 2 is 2.16 bits per heavy atom. The predicted octanol–water partition coefficient (Wildman–Crippen LogP) is 1.18. The Morgan fingerprint density at radius 1 is 1.28 bits per heavy atom. The molecule has 4 rings (SSSR count). The van der Waals surface area contributed by atoms with E-state index in [0.717, 1.165) is 0 Å². The standard InChI is InChI=1S/C17H14FN5O2/c18-13-3-1-2-11(8-13)15-16(24)19-5-7-22(15)17(25)12-4-6-23-14(9-12)20-10-21-23/h1-4,6,8-10,15H,5,7H2,(H,19,24). The minimum atomic E-state index is -0.869. The molecule has 2 amide bonds. The Kier molecular flexibility index (Phi) is 3.64. The summed E-state index contributed by atoms with van der Waals surface area (Å²) in [7, 11) is 0. The molecule has 1 aliphatic heterocycles. The first-order chi connectivity index (χ1) is 12.1. The quantitative estimate of drug-likeness (QED) is 0.760. The van der Waals surface area contributed by atoms with Crippen molar-refractivity contribution < 1.29 is 14.0 Å². The van der Waals surface area contributed by atoms with Crippen molar-refractivity contribution in [2.45, 2.75) is 6.04 Å². The van der Waals surface area contributed by atoms with E-state index in [4.69, 9.17) is 0 Å². The molecule has 1 unspecified atom stereocenters. The van der Waals surface area contributed by atoms with Crippen LogP contribution >= 0.6 is 0 Å². The van der Waals surface area contributed by atoms with Gasteiger partial charge in [0.2, 0.25) is 5.91 Å². The van der Waals surface area contributed by atoms with Crippen molar-refractivity contribution in [2.24, 2.45) is 0 Å². The Hall–Kier alpha value is -3.29. The van der Waals surface area contributed by atoms with Gasteiger partial charge in [-0.3, -0.25) is 9.59 Å². The van der Waals surface area contributed by atoms with Crippen molar-refractivity contribution in [1.29, 1.82) is 0 Å². The molecule has 1 atom stereocenters. The van der Waals surface area contributed by atoms with Crippen LogP contribution in [-0.4, -0.2) is 44.4 Å². The summed E-state index contributed by atoms with van der Waals surface area (Å²) < 4.78 is 15.1. The first kappa shape index (κ1) is 15.3. The number of nitrogens with one attached hydrogen (secondary N) is 1. The lowest BCUT2D eigenvalue weighted by molar-refractivity contribution is -0.128. The number of pyridine rings is 1. The number of fused-ring (bicyclic) bond motifs is 1. The fraction of sp³-hybridized carbons (Fsp3) is 0.176. The number of piperazine rings is 1. The lowest BCUT2D eigenvalue weighted by Gasteiger charge is -2.35. The van der Waals surface area contributed by atoms with Crippen LogP contribution < -0.4 is 5.32 Å². The highest BCUT2D eigenvalue weighted by Gasteiger charge is 2.35. The van der Waals surface area contributed by atoms with Gasteiger partial charge in [0.1, 0.15) is 18.2 Å². The predicted molar refractivity (Wildman–Crippen MR) is 86.2 cm³/mol. The summed E-state index contributed by atoms with van der Waals surface area (Å²) in [4.78, 5) is 30.9. The maximum absolute atomic E-state index is 13.6. The number of hydrogen-bond acceptors (Lipinski definition) is 4. The molecule has 1 fully saturated rings. The number of nitrogens with zero attached hydrogens (tertiary/aromatic N) is 4. The second kappa shape index (κ2) is 5.97. The number of hydrogen-bond donors (Lipinski definition) is 1. The van der Waals surface area contributed by atoms with Gasteiger partial charge in [0, 0.05) is 24.8 Å². The van der Waals surface area contributed by atoms with Gasteiger partial charge in [-0.05, 0) is 29.8 Å². The molecule has 7 nitrogen and oxygen atoms in total. The normalized spacial score (nSPS) is 17.6. The van der Waals surface area contributed by atoms with Crippen molar-refractivity contribution >= 4 is 17.5 Å². The van der Waals surface area contributed by atoms with Crippen LogP contribution in [0.3, 0.4) is 0 Å². The highest BCUT2D eigenvalue weighted by molar-refractivity contribution is 5.99. The van der Waals surface area contributed by atoms with Gasteiger partial charge in [-0.1, -0.05) is 12.1 Å². The number of rotatable bonds is 2. The van der Waals surface area contributed by atoms with Gasteiger partial charge >= 0.3 is 0 Å². The third-order valence-corrected chi connectivity index (χ3v) is 4.16. The lowest BCUT2D eigenvalue weighted by atomic mass is 10.0. The largest absolute Gasteiger partial charge is 0.352 e. The van der Waals surface area contributed by atoms with Gasteiger partial charge in [-0.15, -0.1) is 0 Å². The monoisotopic (exact) mass is 339 g/mol. The van der Waals surface area contributed by atoms with Crippen LogP contribution in [-0.2, 0) is 4.79 Å². The molecule has 126 valence electrons. The van der Waals surface area contributed by atoms with Crippen LogP contribution in [0, 0.1) is 5.82 Å². The number of carbonyl (C=O) groups is 2.